The van der Waals surface area contributed by atoms with Gasteiger partial charge in [-0.05, 0) is 19.3 Å². The Morgan fingerprint density at radius 3 is 2.00 bits per heavy atom. The molecule has 0 bridgehead atoms. The average molecular weight is 284 g/mol. The summed E-state index contributed by atoms with van der Waals surface area (Å²) in [5.41, 5.74) is 6.45. The first-order chi connectivity index (χ1) is 9.75. The van der Waals surface area contributed by atoms with Gasteiger partial charge in [-0.25, -0.2) is 0 Å². The minimum Gasteiger partial charge on any atom is -0.377 e. The molecular formula is C18H37NO. The van der Waals surface area contributed by atoms with E-state index in [2.05, 4.69) is 6.92 Å². The molecule has 0 saturated heterocycles. The zero-order valence-electron chi connectivity index (χ0n) is 14.0. The third-order valence-corrected chi connectivity index (χ3v) is 5.15. The fourth-order valence-corrected chi connectivity index (χ4v) is 3.64. The van der Waals surface area contributed by atoms with E-state index >= 15 is 0 Å². The van der Waals surface area contributed by atoms with E-state index in [0.29, 0.717) is 0 Å². The van der Waals surface area contributed by atoms with Crippen molar-refractivity contribution in [2.45, 2.75) is 108 Å². The zero-order chi connectivity index (χ0) is 14.7. The molecule has 1 aliphatic rings. The lowest BCUT2D eigenvalue weighted by Crippen LogP contribution is -2.50. The van der Waals surface area contributed by atoms with Crippen molar-refractivity contribution in [3.05, 3.63) is 0 Å². The van der Waals surface area contributed by atoms with Crippen molar-refractivity contribution in [1.29, 1.82) is 0 Å². The van der Waals surface area contributed by atoms with Gasteiger partial charge in [0.15, 0.2) is 0 Å². The summed E-state index contributed by atoms with van der Waals surface area (Å²) in [6.45, 7) is 2.28. The molecule has 0 spiro atoms. The van der Waals surface area contributed by atoms with E-state index in [4.69, 9.17) is 10.5 Å². The number of ether oxygens (including phenoxy) is 1. The number of methoxy groups -OCH3 is 1. The van der Waals surface area contributed by atoms with Gasteiger partial charge in [-0.15, -0.1) is 0 Å². The molecule has 0 radical (unpaired) electrons. The number of nitrogens with two attached hydrogens (primary N) is 1. The molecule has 0 aromatic carbocycles. The van der Waals surface area contributed by atoms with E-state index in [1.807, 2.05) is 7.11 Å². The third-order valence-electron chi connectivity index (χ3n) is 5.15. The first-order valence-corrected chi connectivity index (χ1v) is 9.06. The highest BCUT2D eigenvalue weighted by atomic mass is 16.5. The first kappa shape index (κ1) is 18.0. The Morgan fingerprint density at radius 2 is 1.45 bits per heavy atom. The molecule has 2 nitrogen and oxygen atoms in total. The van der Waals surface area contributed by atoms with Crippen molar-refractivity contribution in [1.82, 2.24) is 0 Å². The fraction of sp³-hybridized carbons (Fsp3) is 1.00. The SMILES string of the molecule is CCCCCCCCCCC(N)C1(OC)CCCCC1. The maximum Gasteiger partial charge on any atom is 0.0828 e. The third kappa shape index (κ3) is 6.13. The van der Waals surface area contributed by atoms with E-state index in [1.54, 1.807) is 0 Å². The Labute approximate surface area is 126 Å². The van der Waals surface area contributed by atoms with Crippen molar-refractivity contribution in [2.75, 3.05) is 7.11 Å². The summed E-state index contributed by atoms with van der Waals surface area (Å²) in [5, 5.41) is 0. The van der Waals surface area contributed by atoms with Crippen LogP contribution in [-0.2, 0) is 4.74 Å². The molecule has 2 N–H and O–H groups in total. The predicted molar refractivity (Wildman–Crippen MR) is 88.0 cm³/mol. The Balaban J connectivity index is 2.08. The molecule has 1 fully saturated rings. The summed E-state index contributed by atoms with van der Waals surface area (Å²) in [6.07, 6.45) is 18.4. The highest BCUT2D eigenvalue weighted by Crippen LogP contribution is 2.34. The Morgan fingerprint density at radius 1 is 0.900 bits per heavy atom. The van der Waals surface area contributed by atoms with E-state index in [9.17, 15) is 0 Å². The fourth-order valence-electron chi connectivity index (χ4n) is 3.64. The number of hydrogen-bond donors (Lipinski definition) is 1. The molecule has 2 heteroatoms. The van der Waals surface area contributed by atoms with Crippen molar-refractivity contribution >= 4 is 0 Å². The maximum absolute atomic E-state index is 6.45. The molecule has 1 unspecified atom stereocenters. The van der Waals surface area contributed by atoms with Crippen molar-refractivity contribution in [2.24, 2.45) is 5.73 Å². The van der Waals surface area contributed by atoms with E-state index in [-0.39, 0.29) is 11.6 Å². The molecule has 1 atom stereocenters. The largest absolute Gasteiger partial charge is 0.377 e. The Hall–Kier alpha value is -0.0800. The standard InChI is InChI=1S/C18H37NO/c1-3-4-5-6-7-8-9-11-14-17(19)18(20-2)15-12-10-13-16-18/h17H,3-16,19H2,1-2H3. The second kappa shape index (κ2) is 10.6. The van der Waals surface area contributed by atoms with Crippen LogP contribution in [0.2, 0.25) is 0 Å². The van der Waals surface area contributed by atoms with Gasteiger partial charge in [-0.2, -0.15) is 0 Å². The van der Waals surface area contributed by atoms with Crippen LogP contribution in [0.1, 0.15) is 96.8 Å². The predicted octanol–water partition coefficient (Wildman–Crippen LogP) is 5.19. The topological polar surface area (TPSA) is 35.2 Å². The second-order valence-electron chi connectivity index (χ2n) is 6.70. The van der Waals surface area contributed by atoms with Gasteiger partial charge >= 0.3 is 0 Å². The molecule has 1 rings (SSSR count). The van der Waals surface area contributed by atoms with Crippen LogP contribution in [0, 0.1) is 0 Å². The van der Waals surface area contributed by atoms with Gasteiger partial charge in [0.25, 0.3) is 0 Å². The summed E-state index contributed by atoms with van der Waals surface area (Å²) in [4.78, 5) is 0. The molecule has 20 heavy (non-hydrogen) atoms. The summed E-state index contributed by atoms with van der Waals surface area (Å²) in [7, 11) is 1.86. The van der Waals surface area contributed by atoms with Crippen LogP contribution in [0.4, 0.5) is 0 Å². The van der Waals surface area contributed by atoms with Gasteiger partial charge in [0.05, 0.1) is 5.60 Å². The molecule has 1 saturated carbocycles. The second-order valence-corrected chi connectivity index (χ2v) is 6.70. The lowest BCUT2D eigenvalue weighted by molar-refractivity contribution is -0.0605. The van der Waals surface area contributed by atoms with Gasteiger partial charge in [0.1, 0.15) is 0 Å². The molecule has 1 aliphatic carbocycles. The van der Waals surface area contributed by atoms with Crippen LogP contribution in [-0.4, -0.2) is 18.8 Å². The quantitative estimate of drug-likeness (QED) is 0.529. The van der Waals surface area contributed by atoms with Crippen molar-refractivity contribution in [3.8, 4) is 0 Å². The Bertz CT molecular complexity index is 223. The van der Waals surface area contributed by atoms with Crippen molar-refractivity contribution < 1.29 is 4.74 Å². The summed E-state index contributed by atoms with van der Waals surface area (Å²) in [6, 6.07) is 0.243. The minimum absolute atomic E-state index is 0.000619. The molecular weight excluding hydrogens is 246 g/mol. The van der Waals surface area contributed by atoms with Crippen LogP contribution in [0.25, 0.3) is 0 Å². The Kier molecular flexibility index (Phi) is 9.54. The lowest BCUT2D eigenvalue weighted by Gasteiger charge is -2.41. The summed E-state index contributed by atoms with van der Waals surface area (Å²) >= 11 is 0. The monoisotopic (exact) mass is 283 g/mol. The van der Waals surface area contributed by atoms with Gasteiger partial charge in [0.2, 0.25) is 0 Å². The normalized spacial score (nSPS) is 19.9. The van der Waals surface area contributed by atoms with Crippen LogP contribution in [0.3, 0.4) is 0 Å². The number of unbranched alkanes of at least 4 members (excludes halogenated alkanes) is 7. The van der Waals surface area contributed by atoms with Gasteiger partial charge < -0.3 is 10.5 Å². The molecule has 120 valence electrons. The van der Waals surface area contributed by atoms with Gasteiger partial charge in [-0.1, -0.05) is 77.6 Å². The van der Waals surface area contributed by atoms with Crippen LogP contribution >= 0.6 is 0 Å². The summed E-state index contributed by atoms with van der Waals surface area (Å²) < 4.78 is 5.84. The average Bonchev–Trinajstić information content (AvgIpc) is 2.50. The number of rotatable bonds is 11. The molecule has 0 amide bonds. The highest BCUT2D eigenvalue weighted by molar-refractivity contribution is 4.93. The van der Waals surface area contributed by atoms with E-state index in [1.165, 1.54) is 83.5 Å². The van der Waals surface area contributed by atoms with E-state index < -0.39 is 0 Å². The summed E-state index contributed by atoms with van der Waals surface area (Å²) in [5.74, 6) is 0. The smallest absolute Gasteiger partial charge is 0.0828 e. The first-order valence-electron chi connectivity index (χ1n) is 9.06. The molecule has 0 aromatic rings. The van der Waals surface area contributed by atoms with Crippen molar-refractivity contribution in [3.63, 3.8) is 0 Å². The minimum atomic E-state index is -0.000619. The van der Waals surface area contributed by atoms with Gasteiger partial charge in [0, 0.05) is 13.2 Å². The van der Waals surface area contributed by atoms with Crippen LogP contribution in [0.5, 0.6) is 0 Å². The van der Waals surface area contributed by atoms with Gasteiger partial charge in [-0.3, -0.25) is 0 Å². The highest BCUT2D eigenvalue weighted by Gasteiger charge is 2.37. The maximum atomic E-state index is 6.45. The van der Waals surface area contributed by atoms with Crippen LogP contribution < -0.4 is 5.73 Å². The molecule has 0 aromatic heterocycles. The lowest BCUT2D eigenvalue weighted by atomic mass is 9.78. The zero-order valence-corrected chi connectivity index (χ0v) is 14.0. The molecule has 0 heterocycles. The number of hydrogen-bond acceptors (Lipinski definition) is 2. The molecule has 0 aliphatic heterocycles. The van der Waals surface area contributed by atoms with E-state index in [0.717, 1.165) is 6.42 Å². The van der Waals surface area contributed by atoms with Crippen LogP contribution in [0.15, 0.2) is 0 Å².